The van der Waals surface area contributed by atoms with Crippen molar-refractivity contribution in [3.05, 3.63) is 90.0 Å². The predicted octanol–water partition coefficient (Wildman–Crippen LogP) is 4.34. The molecule has 112 valence electrons. The number of para-hydroxylation sites is 1. The SMILES string of the molecule is N#Cc1cccc(-c2ccc(CNNc3ccccc3)cc2)c1. The molecule has 0 amide bonds. The van der Waals surface area contributed by atoms with Crippen molar-refractivity contribution < 1.29 is 0 Å². The van der Waals surface area contributed by atoms with E-state index < -0.39 is 0 Å². The van der Waals surface area contributed by atoms with Gasteiger partial charge in [-0.2, -0.15) is 5.26 Å². The first-order valence-electron chi connectivity index (χ1n) is 7.48. The van der Waals surface area contributed by atoms with E-state index in [9.17, 15) is 0 Å². The Morgan fingerprint density at radius 3 is 2.30 bits per heavy atom. The first-order valence-corrected chi connectivity index (χ1v) is 7.48. The summed E-state index contributed by atoms with van der Waals surface area (Å²) in [5.41, 5.74) is 11.5. The van der Waals surface area contributed by atoms with Crippen LogP contribution in [0.25, 0.3) is 11.1 Å². The summed E-state index contributed by atoms with van der Waals surface area (Å²) < 4.78 is 0. The van der Waals surface area contributed by atoms with Crippen LogP contribution >= 0.6 is 0 Å². The molecule has 3 aromatic carbocycles. The van der Waals surface area contributed by atoms with Crippen LogP contribution in [-0.4, -0.2) is 0 Å². The van der Waals surface area contributed by atoms with Crippen LogP contribution in [0.3, 0.4) is 0 Å². The Labute approximate surface area is 136 Å². The first-order chi connectivity index (χ1) is 11.3. The summed E-state index contributed by atoms with van der Waals surface area (Å²) in [6.07, 6.45) is 0. The maximum Gasteiger partial charge on any atom is 0.0991 e. The first kappa shape index (κ1) is 14.8. The molecule has 0 atom stereocenters. The third-order valence-electron chi connectivity index (χ3n) is 3.58. The predicted molar refractivity (Wildman–Crippen MR) is 93.5 cm³/mol. The number of hydrazine groups is 1. The Morgan fingerprint density at radius 1 is 0.783 bits per heavy atom. The number of hydrogen-bond donors (Lipinski definition) is 2. The minimum atomic E-state index is 0.681. The Balaban J connectivity index is 1.62. The Bertz CT molecular complexity index is 802. The van der Waals surface area contributed by atoms with Crippen molar-refractivity contribution in [3.63, 3.8) is 0 Å². The zero-order valence-electron chi connectivity index (χ0n) is 12.7. The molecule has 0 aliphatic carbocycles. The van der Waals surface area contributed by atoms with Gasteiger partial charge in [0.05, 0.1) is 11.6 Å². The average Bonchev–Trinajstić information content (AvgIpc) is 2.63. The molecule has 0 bridgehead atoms. The molecule has 3 heteroatoms. The molecule has 0 saturated carbocycles. The molecule has 0 radical (unpaired) electrons. The second-order valence-corrected chi connectivity index (χ2v) is 5.23. The largest absolute Gasteiger partial charge is 0.321 e. The van der Waals surface area contributed by atoms with E-state index in [2.05, 4.69) is 41.2 Å². The van der Waals surface area contributed by atoms with Gasteiger partial charge >= 0.3 is 0 Å². The number of anilines is 1. The molecule has 0 spiro atoms. The van der Waals surface area contributed by atoms with Gasteiger partial charge in [0, 0.05) is 12.2 Å². The fourth-order valence-corrected chi connectivity index (χ4v) is 2.35. The summed E-state index contributed by atoms with van der Waals surface area (Å²) in [6, 6.07) is 28.2. The zero-order chi connectivity index (χ0) is 15.9. The molecule has 0 aromatic heterocycles. The quantitative estimate of drug-likeness (QED) is 0.689. The summed E-state index contributed by atoms with van der Waals surface area (Å²) in [5.74, 6) is 0. The lowest BCUT2D eigenvalue weighted by Gasteiger charge is -2.09. The Morgan fingerprint density at radius 2 is 1.57 bits per heavy atom. The Hall–Kier alpha value is -3.09. The van der Waals surface area contributed by atoms with Crippen molar-refractivity contribution in [2.75, 3.05) is 5.43 Å². The summed E-state index contributed by atoms with van der Waals surface area (Å²) >= 11 is 0. The summed E-state index contributed by atoms with van der Waals surface area (Å²) in [4.78, 5) is 0. The molecular formula is C20H17N3. The zero-order valence-corrected chi connectivity index (χ0v) is 12.7. The van der Waals surface area contributed by atoms with E-state index in [1.165, 1.54) is 5.56 Å². The van der Waals surface area contributed by atoms with Gasteiger partial charge in [0.2, 0.25) is 0 Å². The molecule has 3 nitrogen and oxygen atoms in total. The number of nitrogens with one attached hydrogen (secondary N) is 2. The summed E-state index contributed by atoms with van der Waals surface area (Å²) in [6.45, 7) is 0.730. The van der Waals surface area contributed by atoms with E-state index >= 15 is 0 Å². The lowest BCUT2D eigenvalue weighted by atomic mass is 10.0. The van der Waals surface area contributed by atoms with Gasteiger partial charge in [0.25, 0.3) is 0 Å². The van der Waals surface area contributed by atoms with Crippen molar-refractivity contribution in [1.29, 1.82) is 5.26 Å². The number of nitriles is 1. The normalized spacial score (nSPS) is 10.0. The van der Waals surface area contributed by atoms with Crippen molar-refractivity contribution in [2.24, 2.45) is 0 Å². The number of hydrogen-bond acceptors (Lipinski definition) is 3. The number of rotatable bonds is 5. The van der Waals surface area contributed by atoms with Crippen LogP contribution in [-0.2, 0) is 6.54 Å². The van der Waals surface area contributed by atoms with E-state index in [-0.39, 0.29) is 0 Å². The highest BCUT2D eigenvalue weighted by Crippen LogP contribution is 2.20. The van der Waals surface area contributed by atoms with Gasteiger partial charge in [-0.15, -0.1) is 0 Å². The molecule has 0 aliphatic rings. The highest BCUT2D eigenvalue weighted by Gasteiger charge is 2.00. The van der Waals surface area contributed by atoms with E-state index in [0.29, 0.717) is 5.56 Å². The van der Waals surface area contributed by atoms with Gasteiger partial charge in [-0.25, -0.2) is 5.43 Å². The third-order valence-corrected chi connectivity index (χ3v) is 3.58. The summed E-state index contributed by atoms with van der Waals surface area (Å²) in [7, 11) is 0. The lowest BCUT2D eigenvalue weighted by Crippen LogP contribution is -2.20. The Kier molecular flexibility index (Phi) is 4.68. The molecule has 0 saturated heterocycles. The van der Waals surface area contributed by atoms with Crippen LogP contribution in [0.4, 0.5) is 5.69 Å². The molecule has 3 aromatic rings. The third kappa shape index (κ3) is 3.97. The highest BCUT2D eigenvalue weighted by atomic mass is 15.3. The minimum absolute atomic E-state index is 0.681. The van der Waals surface area contributed by atoms with E-state index in [1.54, 1.807) is 0 Å². The van der Waals surface area contributed by atoms with E-state index in [0.717, 1.165) is 23.4 Å². The maximum atomic E-state index is 8.98. The molecule has 0 aliphatic heterocycles. The van der Waals surface area contributed by atoms with Crippen molar-refractivity contribution in [3.8, 4) is 17.2 Å². The second kappa shape index (κ2) is 7.26. The molecule has 23 heavy (non-hydrogen) atoms. The van der Waals surface area contributed by atoms with Gasteiger partial charge in [0.1, 0.15) is 0 Å². The minimum Gasteiger partial charge on any atom is -0.321 e. The maximum absolute atomic E-state index is 8.98. The van der Waals surface area contributed by atoms with Crippen LogP contribution in [0.1, 0.15) is 11.1 Å². The van der Waals surface area contributed by atoms with Gasteiger partial charge in [-0.05, 0) is 41.0 Å². The highest BCUT2D eigenvalue weighted by molar-refractivity contribution is 5.65. The van der Waals surface area contributed by atoms with Crippen LogP contribution in [0.15, 0.2) is 78.9 Å². The second-order valence-electron chi connectivity index (χ2n) is 5.23. The van der Waals surface area contributed by atoms with Gasteiger partial charge in [-0.1, -0.05) is 54.6 Å². The van der Waals surface area contributed by atoms with Crippen molar-refractivity contribution in [2.45, 2.75) is 6.54 Å². The smallest absolute Gasteiger partial charge is 0.0991 e. The average molecular weight is 299 g/mol. The fraction of sp³-hybridized carbons (Fsp3) is 0.0500. The molecule has 2 N–H and O–H groups in total. The van der Waals surface area contributed by atoms with Gasteiger partial charge < -0.3 is 5.43 Å². The van der Waals surface area contributed by atoms with Crippen LogP contribution < -0.4 is 10.9 Å². The summed E-state index contributed by atoms with van der Waals surface area (Å²) in [5, 5.41) is 8.98. The van der Waals surface area contributed by atoms with Gasteiger partial charge in [-0.3, -0.25) is 0 Å². The number of benzene rings is 3. The van der Waals surface area contributed by atoms with E-state index in [4.69, 9.17) is 5.26 Å². The van der Waals surface area contributed by atoms with Crippen LogP contribution in [0.2, 0.25) is 0 Å². The standard InChI is InChI=1S/C20H17N3/c21-14-17-5-4-6-19(13-17)18-11-9-16(10-12-18)15-22-23-20-7-2-1-3-8-20/h1-13,22-23H,15H2. The molecule has 0 fully saturated rings. The fourth-order valence-electron chi connectivity index (χ4n) is 2.35. The van der Waals surface area contributed by atoms with Gasteiger partial charge in [0.15, 0.2) is 0 Å². The molecule has 0 unspecified atom stereocenters. The lowest BCUT2D eigenvalue weighted by molar-refractivity contribution is 0.801. The van der Waals surface area contributed by atoms with Crippen molar-refractivity contribution in [1.82, 2.24) is 5.43 Å². The van der Waals surface area contributed by atoms with E-state index in [1.807, 2.05) is 54.6 Å². The van der Waals surface area contributed by atoms with Crippen LogP contribution in [0, 0.1) is 11.3 Å². The monoisotopic (exact) mass is 299 g/mol. The number of nitrogens with zero attached hydrogens (tertiary/aromatic N) is 1. The molecule has 3 rings (SSSR count). The molecular weight excluding hydrogens is 282 g/mol. The topological polar surface area (TPSA) is 47.9 Å². The van der Waals surface area contributed by atoms with Crippen LogP contribution in [0.5, 0.6) is 0 Å². The molecule has 0 heterocycles. The van der Waals surface area contributed by atoms with Crippen molar-refractivity contribution >= 4 is 5.69 Å².